The largest absolute Gasteiger partial charge is 0.573 e. The number of rotatable bonds is 8. The van der Waals surface area contributed by atoms with Crippen molar-refractivity contribution in [2.24, 2.45) is 0 Å². The summed E-state index contributed by atoms with van der Waals surface area (Å²) >= 11 is 0. The number of sulfonamides is 1. The van der Waals surface area contributed by atoms with Gasteiger partial charge in [0.15, 0.2) is 0 Å². The number of nitrogens with zero attached hydrogens (tertiary/aromatic N) is 1. The van der Waals surface area contributed by atoms with E-state index in [9.17, 15) is 26.4 Å². The maximum absolute atomic E-state index is 13.2. The van der Waals surface area contributed by atoms with Crippen LogP contribution in [0.5, 0.6) is 5.75 Å². The number of carbonyl (C=O) groups excluding carboxylic acids is 1. The number of amides is 1. The second-order valence-electron chi connectivity index (χ2n) is 6.65. The smallest absolute Gasteiger partial charge is 0.468 e. The molecule has 0 radical (unpaired) electrons. The van der Waals surface area contributed by atoms with Crippen LogP contribution in [0.15, 0.2) is 76.2 Å². The van der Waals surface area contributed by atoms with Crippen molar-refractivity contribution in [3.63, 3.8) is 0 Å². The van der Waals surface area contributed by atoms with E-state index in [1.54, 1.807) is 36.4 Å². The summed E-state index contributed by atoms with van der Waals surface area (Å²) in [5.41, 5.74) is 1.02. The van der Waals surface area contributed by atoms with Crippen LogP contribution in [0.25, 0.3) is 0 Å². The van der Waals surface area contributed by atoms with Crippen molar-refractivity contribution in [2.45, 2.75) is 24.3 Å². The summed E-state index contributed by atoms with van der Waals surface area (Å²) in [7, 11) is -2.61. The summed E-state index contributed by atoms with van der Waals surface area (Å²) in [6, 6.07) is 13.5. The van der Waals surface area contributed by atoms with Gasteiger partial charge < -0.3 is 14.5 Å². The Labute approximate surface area is 182 Å². The SMILES string of the molecule is CNC(=O)c1ccc(CN(Cc2ccco2)S(=O)(=O)c2ccc(OC(F)(F)F)cc2)cc1. The highest BCUT2D eigenvalue weighted by Gasteiger charge is 2.31. The molecule has 3 rings (SSSR count). The number of carbonyl (C=O) groups is 1. The third kappa shape index (κ3) is 5.89. The van der Waals surface area contributed by atoms with E-state index in [4.69, 9.17) is 4.42 Å². The van der Waals surface area contributed by atoms with Crippen LogP contribution >= 0.6 is 0 Å². The maximum Gasteiger partial charge on any atom is 0.573 e. The molecule has 0 saturated heterocycles. The van der Waals surface area contributed by atoms with E-state index in [1.807, 2.05) is 0 Å². The summed E-state index contributed by atoms with van der Waals surface area (Å²) < 4.78 is 73.8. The van der Waals surface area contributed by atoms with Crippen LogP contribution in [0.4, 0.5) is 13.2 Å². The lowest BCUT2D eigenvalue weighted by atomic mass is 10.1. The van der Waals surface area contributed by atoms with Crippen LogP contribution < -0.4 is 10.1 Å². The molecule has 7 nitrogen and oxygen atoms in total. The number of furan rings is 1. The number of hydrogen-bond acceptors (Lipinski definition) is 5. The molecule has 2 aromatic carbocycles. The third-order valence-electron chi connectivity index (χ3n) is 4.41. The molecule has 11 heteroatoms. The Bertz CT molecular complexity index is 1140. The van der Waals surface area contributed by atoms with Crippen molar-refractivity contribution >= 4 is 15.9 Å². The van der Waals surface area contributed by atoms with Gasteiger partial charge in [0.25, 0.3) is 5.91 Å². The van der Waals surface area contributed by atoms with E-state index in [0.717, 1.165) is 28.6 Å². The van der Waals surface area contributed by atoms with Gasteiger partial charge in [0.1, 0.15) is 11.5 Å². The summed E-state index contributed by atoms with van der Waals surface area (Å²) in [6.07, 6.45) is -3.48. The van der Waals surface area contributed by atoms with Gasteiger partial charge in [0.05, 0.1) is 17.7 Å². The Morgan fingerprint density at radius 1 is 1.03 bits per heavy atom. The number of nitrogens with one attached hydrogen (secondary N) is 1. The van der Waals surface area contributed by atoms with E-state index < -0.39 is 22.1 Å². The standard InChI is InChI=1S/C21H19F3N2O5S/c1-25-20(27)16-6-4-15(5-7-16)13-26(14-18-3-2-12-30-18)32(28,29)19-10-8-17(9-11-19)31-21(22,23)24/h2-12H,13-14H2,1H3,(H,25,27). The fourth-order valence-electron chi connectivity index (χ4n) is 2.87. The number of alkyl halides is 3. The average molecular weight is 468 g/mol. The van der Waals surface area contributed by atoms with Crippen LogP contribution in [0.2, 0.25) is 0 Å². The first-order valence-corrected chi connectivity index (χ1v) is 10.7. The summed E-state index contributed by atoms with van der Waals surface area (Å²) in [6.45, 7) is -0.162. The molecule has 0 aliphatic rings. The zero-order chi connectivity index (χ0) is 23.4. The topological polar surface area (TPSA) is 88.9 Å². The van der Waals surface area contributed by atoms with Gasteiger partial charge in [-0.1, -0.05) is 12.1 Å². The van der Waals surface area contributed by atoms with Crippen LogP contribution in [-0.2, 0) is 23.1 Å². The molecule has 0 atom stereocenters. The minimum Gasteiger partial charge on any atom is -0.468 e. The third-order valence-corrected chi connectivity index (χ3v) is 6.22. The molecule has 0 unspecified atom stereocenters. The Morgan fingerprint density at radius 2 is 1.69 bits per heavy atom. The zero-order valence-electron chi connectivity index (χ0n) is 16.8. The quantitative estimate of drug-likeness (QED) is 0.541. The zero-order valence-corrected chi connectivity index (χ0v) is 17.6. The Balaban J connectivity index is 1.88. The van der Waals surface area contributed by atoms with Crippen molar-refractivity contribution < 1.29 is 35.5 Å². The normalized spacial score (nSPS) is 12.0. The molecule has 1 heterocycles. The average Bonchev–Trinajstić information content (AvgIpc) is 3.26. The molecular formula is C21H19F3N2O5S. The van der Waals surface area contributed by atoms with Crippen molar-refractivity contribution in [3.05, 3.63) is 83.8 Å². The van der Waals surface area contributed by atoms with Crippen LogP contribution in [-0.4, -0.2) is 32.0 Å². The van der Waals surface area contributed by atoms with Crippen LogP contribution in [0.1, 0.15) is 21.7 Å². The molecular weight excluding hydrogens is 449 g/mol. The minimum atomic E-state index is -4.88. The fraction of sp³-hybridized carbons (Fsp3) is 0.190. The molecule has 0 aliphatic heterocycles. The lowest BCUT2D eigenvalue weighted by Crippen LogP contribution is -2.30. The predicted molar refractivity (Wildman–Crippen MR) is 108 cm³/mol. The van der Waals surface area contributed by atoms with E-state index >= 15 is 0 Å². The van der Waals surface area contributed by atoms with Gasteiger partial charge >= 0.3 is 6.36 Å². The first-order valence-electron chi connectivity index (χ1n) is 9.28. The Morgan fingerprint density at radius 3 is 2.22 bits per heavy atom. The molecule has 1 amide bonds. The predicted octanol–water partition coefficient (Wildman–Crippen LogP) is 3.93. The molecule has 0 bridgehead atoms. The van der Waals surface area contributed by atoms with Crippen LogP contribution in [0, 0.1) is 0 Å². The maximum atomic E-state index is 13.2. The highest BCUT2D eigenvalue weighted by molar-refractivity contribution is 7.89. The van der Waals surface area contributed by atoms with E-state index in [-0.39, 0.29) is 23.9 Å². The number of hydrogen-bond donors (Lipinski definition) is 1. The Hall–Kier alpha value is -3.31. The lowest BCUT2D eigenvalue weighted by molar-refractivity contribution is -0.274. The molecule has 1 N–H and O–H groups in total. The van der Waals surface area contributed by atoms with Crippen molar-refractivity contribution in [2.75, 3.05) is 7.05 Å². The van der Waals surface area contributed by atoms with Gasteiger partial charge in [-0.3, -0.25) is 4.79 Å². The fourth-order valence-corrected chi connectivity index (χ4v) is 4.27. The molecule has 0 saturated carbocycles. The van der Waals surface area contributed by atoms with Crippen LogP contribution in [0.3, 0.4) is 0 Å². The first-order chi connectivity index (χ1) is 15.1. The van der Waals surface area contributed by atoms with E-state index in [2.05, 4.69) is 10.1 Å². The molecule has 0 aliphatic carbocycles. The lowest BCUT2D eigenvalue weighted by Gasteiger charge is -2.22. The summed E-state index contributed by atoms with van der Waals surface area (Å²) in [5.74, 6) is -0.427. The van der Waals surface area contributed by atoms with E-state index in [1.165, 1.54) is 13.3 Å². The van der Waals surface area contributed by atoms with Crippen molar-refractivity contribution in [1.29, 1.82) is 0 Å². The first kappa shape index (κ1) is 23.4. The number of halogens is 3. The van der Waals surface area contributed by atoms with Gasteiger partial charge in [-0.25, -0.2) is 8.42 Å². The number of benzene rings is 2. The number of ether oxygens (including phenoxy) is 1. The van der Waals surface area contributed by atoms with Crippen molar-refractivity contribution in [1.82, 2.24) is 9.62 Å². The van der Waals surface area contributed by atoms with Gasteiger partial charge in [-0.05, 0) is 54.1 Å². The molecule has 32 heavy (non-hydrogen) atoms. The molecule has 1 aromatic heterocycles. The molecule has 0 spiro atoms. The van der Waals surface area contributed by atoms with E-state index in [0.29, 0.717) is 16.9 Å². The van der Waals surface area contributed by atoms with Gasteiger partial charge in [-0.2, -0.15) is 4.31 Å². The molecule has 3 aromatic rings. The van der Waals surface area contributed by atoms with Gasteiger partial charge in [0, 0.05) is 19.2 Å². The second kappa shape index (κ2) is 9.45. The summed E-state index contributed by atoms with van der Waals surface area (Å²) in [4.78, 5) is 11.5. The Kier molecular flexibility index (Phi) is 6.90. The highest BCUT2D eigenvalue weighted by Crippen LogP contribution is 2.26. The molecule has 0 fully saturated rings. The van der Waals surface area contributed by atoms with Gasteiger partial charge in [-0.15, -0.1) is 13.2 Å². The highest BCUT2D eigenvalue weighted by atomic mass is 32.2. The monoisotopic (exact) mass is 468 g/mol. The van der Waals surface area contributed by atoms with Crippen molar-refractivity contribution in [3.8, 4) is 5.75 Å². The second-order valence-corrected chi connectivity index (χ2v) is 8.59. The minimum absolute atomic E-state index is 0.0577. The summed E-state index contributed by atoms with van der Waals surface area (Å²) in [5, 5.41) is 2.50. The van der Waals surface area contributed by atoms with Gasteiger partial charge in [0.2, 0.25) is 10.0 Å². The molecule has 170 valence electrons.